The first-order valence-electron chi connectivity index (χ1n) is 6.17. The van der Waals surface area contributed by atoms with Crippen LogP contribution in [-0.2, 0) is 0 Å². The summed E-state index contributed by atoms with van der Waals surface area (Å²) in [5, 5.41) is 10.4. The molecular weight excluding hydrogens is 243 g/mol. The van der Waals surface area contributed by atoms with E-state index in [0.717, 1.165) is 11.1 Å². The van der Waals surface area contributed by atoms with E-state index >= 15 is 0 Å². The van der Waals surface area contributed by atoms with Crippen molar-refractivity contribution in [1.82, 2.24) is 4.98 Å². The summed E-state index contributed by atoms with van der Waals surface area (Å²) in [6, 6.07) is 8.20. The second-order valence-corrected chi connectivity index (χ2v) is 4.64. The Morgan fingerprint density at radius 3 is 2.68 bits per heavy atom. The number of benzene rings is 1. The maximum Gasteiger partial charge on any atom is 0.123 e. The van der Waals surface area contributed by atoms with E-state index in [1.807, 2.05) is 6.07 Å². The Kier molecular flexibility index (Phi) is 4.24. The zero-order valence-electron chi connectivity index (χ0n) is 10.8. The van der Waals surface area contributed by atoms with Gasteiger partial charge < -0.3 is 10.8 Å². The van der Waals surface area contributed by atoms with Gasteiger partial charge in [-0.15, -0.1) is 0 Å². The maximum absolute atomic E-state index is 13.4. The minimum Gasteiger partial charge on any atom is -0.388 e. The summed E-state index contributed by atoms with van der Waals surface area (Å²) in [6.45, 7) is 2.06. The van der Waals surface area contributed by atoms with Gasteiger partial charge in [-0.2, -0.15) is 0 Å². The third-order valence-electron chi connectivity index (χ3n) is 3.15. The van der Waals surface area contributed by atoms with Crippen LogP contribution >= 0.6 is 0 Å². The highest BCUT2D eigenvalue weighted by Gasteiger charge is 2.22. The second-order valence-electron chi connectivity index (χ2n) is 4.64. The summed E-state index contributed by atoms with van der Waals surface area (Å²) < 4.78 is 13.4. The Hall–Kier alpha value is -1.78. The number of hydrogen-bond donors (Lipinski definition) is 2. The molecule has 100 valence electrons. The highest BCUT2D eigenvalue weighted by Crippen LogP contribution is 2.30. The molecule has 2 rings (SSSR count). The number of nitrogens with two attached hydrogens (primary N) is 1. The van der Waals surface area contributed by atoms with Gasteiger partial charge in [-0.3, -0.25) is 4.98 Å². The van der Waals surface area contributed by atoms with Gasteiger partial charge in [-0.1, -0.05) is 12.1 Å². The van der Waals surface area contributed by atoms with E-state index in [2.05, 4.69) is 4.98 Å². The first-order valence-corrected chi connectivity index (χ1v) is 6.17. The Labute approximate surface area is 111 Å². The van der Waals surface area contributed by atoms with Crippen molar-refractivity contribution in [3.8, 4) is 0 Å². The predicted octanol–water partition coefficient (Wildman–Crippen LogP) is 2.31. The van der Waals surface area contributed by atoms with E-state index in [9.17, 15) is 9.50 Å². The average Bonchev–Trinajstić information content (AvgIpc) is 2.39. The van der Waals surface area contributed by atoms with E-state index in [4.69, 9.17) is 5.73 Å². The first-order chi connectivity index (χ1) is 9.11. The molecule has 19 heavy (non-hydrogen) atoms. The van der Waals surface area contributed by atoms with Crippen molar-refractivity contribution in [3.05, 3.63) is 65.2 Å². The molecule has 1 heterocycles. The number of aliphatic hydroxyl groups is 1. The van der Waals surface area contributed by atoms with Crippen LogP contribution in [0.3, 0.4) is 0 Å². The summed E-state index contributed by atoms with van der Waals surface area (Å²) in [5.74, 6) is -0.647. The normalized spacial score (nSPS) is 14.1. The van der Waals surface area contributed by atoms with Crippen molar-refractivity contribution in [3.63, 3.8) is 0 Å². The standard InChI is InChI=1S/C15H17FN2O/c1-10-5-12(7-13(16)6-10)15(19)14(8-17)11-3-2-4-18-9-11/h2-7,9,14-15,19H,8,17H2,1H3. The topological polar surface area (TPSA) is 59.1 Å². The summed E-state index contributed by atoms with van der Waals surface area (Å²) in [7, 11) is 0. The molecule has 0 aliphatic carbocycles. The van der Waals surface area contributed by atoms with Gasteiger partial charge >= 0.3 is 0 Å². The quantitative estimate of drug-likeness (QED) is 0.886. The van der Waals surface area contributed by atoms with Crippen molar-refractivity contribution < 1.29 is 9.50 Å². The van der Waals surface area contributed by atoms with E-state index in [1.165, 1.54) is 12.1 Å². The lowest BCUT2D eigenvalue weighted by atomic mass is 9.89. The number of aryl methyl sites for hydroxylation is 1. The fourth-order valence-corrected chi connectivity index (χ4v) is 2.21. The number of hydrogen-bond acceptors (Lipinski definition) is 3. The van der Waals surface area contributed by atoms with Crippen LogP contribution in [0, 0.1) is 12.7 Å². The summed E-state index contributed by atoms with van der Waals surface area (Å²) >= 11 is 0. The van der Waals surface area contributed by atoms with Crippen LogP contribution < -0.4 is 5.73 Å². The Bertz CT molecular complexity index is 525. The van der Waals surface area contributed by atoms with E-state index in [-0.39, 0.29) is 18.3 Å². The number of nitrogens with zero attached hydrogens (tertiary/aromatic N) is 1. The van der Waals surface area contributed by atoms with Crippen LogP contribution in [0.25, 0.3) is 0 Å². The fourth-order valence-electron chi connectivity index (χ4n) is 2.21. The molecule has 0 aliphatic rings. The number of pyridine rings is 1. The number of rotatable bonds is 4. The van der Waals surface area contributed by atoms with Crippen LogP contribution in [0.5, 0.6) is 0 Å². The molecule has 4 heteroatoms. The molecule has 0 amide bonds. The molecule has 2 aromatic rings. The molecule has 2 atom stereocenters. The molecule has 0 bridgehead atoms. The molecule has 0 aliphatic heterocycles. The van der Waals surface area contributed by atoms with Crippen LogP contribution in [0.1, 0.15) is 28.7 Å². The highest BCUT2D eigenvalue weighted by molar-refractivity contribution is 5.29. The summed E-state index contributed by atoms with van der Waals surface area (Å²) in [4.78, 5) is 4.02. The first kappa shape index (κ1) is 13.6. The zero-order chi connectivity index (χ0) is 13.8. The second kappa shape index (κ2) is 5.91. The van der Waals surface area contributed by atoms with Crippen molar-refractivity contribution in [2.45, 2.75) is 18.9 Å². The van der Waals surface area contributed by atoms with Gasteiger partial charge in [-0.05, 0) is 41.8 Å². The third-order valence-corrected chi connectivity index (χ3v) is 3.15. The van der Waals surface area contributed by atoms with Crippen LogP contribution in [0.15, 0.2) is 42.7 Å². The molecule has 0 spiro atoms. The van der Waals surface area contributed by atoms with E-state index in [1.54, 1.807) is 31.5 Å². The predicted molar refractivity (Wildman–Crippen MR) is 72.1 cm³/mol. The third kappa shape index (κ3) is 3.16. The molecule has 1 aromatic carbocycles. The van der Waals surface area contributed by atoms with Gasteiger partial charge in [0, 0.05) is 24.9 Å². The Balaban J connectivity index is 2.33. The monoisotopic (exact) mass is 260 g/mol. The molecule has 2 unspecified atom stereocenters. The van der Waals surface area contributed by atoms with E-state index in [0.29, 0.717) is 5.56 Å². The lowest BCUT2D eigenvalue weighted by molar-refractivity contribution is 0.147. The van der Waals surface area contributed by atoms with Gasteiger partial charge in [0.05, 0.1) is 6.10 Å². The van der Waals surface area contributed by atoms with Crippen molar-refractivity contribution >= 4 is 0 Å². The Morgan fingerprint density at radius 2 is 2.11 bits per heavy atom. The van der Waals surface area contributed by atoms with Gasteiger partial charge in [0.25, 0.3) is 0 Å². The fraction of sp³-hybridized carbons (Fsp3) is 0.267. The van der Waals surface area contributed by atoms with Gasteiger partial charge in [-0.25, -0.2) is 4.39 Å². The van der Waals surface area contributed by atoms with Crippen molar-refractivity contribution in [1.29, 1.82) is 0 Å². The average molecular weight is 260 g/mol. The molecule has 0 fully saturated rings. The van der Waals surface area contributed by atoms with Crippen molar-refractivity contribution in [2.24, 2.45) is 5.73 Å². The smallest absolute Gasteiger partial charge is 0.123 e. The molecule has 1 aromatic heterocycles. The van der Waals surface area contributed by atoms with Crippen LogP contribution in [0.2, 0.25) is 0 Å². The zero-order valence-corrected chi connectivity index (χ0v) is 10.8. The van der Waals surface area contributed by atoms with Gasteiger partial charge in [0.1, 0.15) is 5.82 Å². The minimum absolute atomic E-state index is 0.266. The minimum atomic E-state index is -0.844. The number of aliphatic hydroxyl groups excluding tert-OH is 1. The number of halogens is 1. The molecular formula is C15H17FN2O. The lowest BCUT2D eigenvalue weighted by Crippen LogP contribution is -2.20. The molecule has 3 N–H and O–H groups in total. The molecule has 0 radical (unpaired) electrons. The SMILES string of the molecule is Cc1cc(F)cc(C(O)C(CN)c2cccnc2)c1. The Morgan fingerprint density at radius 1 is 1.32 bits per heavy atom. The van der Waals surface area contributed by atoms with Crippen molar-refractivity contribution in [2.75, 3.05) is 6.54 Å². The van der Waals surface area contributed by atoms with Crippen LogP contribution in [0.4, 0.5) is 4.39 Å². The van der Waals surface area contributed by atoms with Gasteiger partial charge in [0.2, 0.25) is 0 Å². The van der Waals surface area contributed by atoms with Crippen LogP contribution in [-0.4, -0.2) is 16.6 Å². The molecule has 0 saturated carbocycles. The summed E-state index contributed by atoms with van der Waals surface area (Å²) in [5.41, 5.74) is 7.90. The molecule has 0 saturated heterocycles. The molecule has 3 nitrogen and oxygen atoms in total. The highest BCUT2D eigenvalue weighted by atomic mass is 19.1. The van der Waals surface area contributed by atoms with E-state index < -0.39 is 6.10 Å². The maximum atomic E-state index is 13.4. The summed E-state index contributed by atoms with van der Waals surface area (Å²) in [6.07, 6.45) is 2.49. The number of aromatic nitrogens is 1. The van der Waals surface area contributed by atoms with Gasteiger partial charge in [0.15, 0.2) is 0 Å². The lowest BCUT2D eigenvalue weighted by Gasteiger charge is -2.22. The largest absolute Gasteiger partial charge is 0.388 e.